The smallest absolute Gasteiger partial charge is 0.258 e. The van der Waals surface area contributed by atoms with Gasteiger partial charge in [-0.3, -0.25) is 14.6 Å². The molecule has 1 aromatic carbocycles. The maximum atomic E-state index is 13.1. The number of rotatable bonds is 3. The van der Waals surface area contributed by atoms with Gasteiger partial charge >= 0.3 is 0 Å². The summed E-state index contributed by atoms with van der Waals surface area (Å²) in [4.78, 5) is 29.8. The van der Waals surface area contributed by atoms with Gasteiger partial charge in [0.25, 0.3) is 5.91 Å². The summed E-state index contributed by atoms with van der Waals surface area (Å²) in [5, 5.41) is 6.32. The maximum Gasteiger partial charge on any atom is 0.258 e. The Morgan fingerprint density at radius 3 is 2.79 bits per heavy atom. The molecule has 29 heavy (non-hydrogen) atoms. The molecule has 3 saturated carbocycles. The van der Waals surface area contributed by atoms with E-state index in [4.69, 9.17) is 4.74 Å². The largest absolute Gasteiger partial charge is 0.467 e. The van der Waals surface area contributed by atoms with Crippen LogP contribution in [-0.4, -0.2) is 22.5 Å². The van der Waals surface area contributed by atoms with Crippen LogP contribution in [0.3, 0.4) is 0 Å². The first kappa shape index (κ1) is 18.2. The van der Waals surface area contributed by atoms with E-state index in [0.717, 1.165) is 24.8 Å². The van der Waals surface area contributed by atoms with Crippen LogP contribution < -0.4 is 15.4 Å². The lowest BCUT2D eigenvalue weighted by atomic mass is 9.60. The number of aromatic nitrogens is 1. The number of benzene rings is 1. The third kappa shape index (κ3) is 3.07. The molecule has 2 amide bonds. The number of ether oxygens (including phenoxy) is 1. The molecule has 5 atom stereocenters. The van der Waals surface area contributed by atoms with Crippen molar-refractivity contribution in [3.63, 3.8) is 0 Å². The Morgan fingerprint density at radius 1 is 1.24 bits per heavy atom. The minimum Gasteiger partial charge on any atom is -0.467 e. The van der Waals surface area contributed by atoms with Gasteiger partial charge < -0.3 is 15.4 Å². The van der Waals surface area contributed by atoms with E-state index in [0.29, 0.717) is 17.7 Å². The van der Waals surface area contributed by atoms with Crippen LogP contribution in [0.15, 0.2) is 48.8 Å². The van der Waals surface area contributed by atoms with E-state index < -0.39 is 5.72 Å². The zero-order valence-corrected chi connectivity index (χ0v) is 16.4. The molecule has 4 aliphatic rings. The number of para-hydroxylation sites is 1. The molecule has 0 saturated heterocycles. The second-order valence-electron chi connectivity index (χ2n) is 8.53. The Kier molecular flexibility index (Phi) is 4.30. The van der Waals surface area contributed by atoms with Crippen LogP contribution in [0.4, 0.5) is 0 Å². The molecule has 2 N–H and O–H groups in total. The number of carbonyl (C=O) groups is 2. The number of fused-ring (bicyclic) bond motifs is 3. The van der Waals surface area contributed by atoms with Crippen LogP contribution in [0.5, 0.6) is 5.75 Å². The van der Waals surface area contributed by atoms with Gasteiger partial charge in [-0.15, -0.1) is 0 Å². The molecule has 1 aliphatic heterocycles. The molecule has 0 unspecified atom stereocenters. The number of nitrogens with zero attached hydrogens (tertiary/aromatic N) is 1. The highest BCUT2D eigenvalue weighted by Gasteiger charge is 2.57. The van der Waals surface area contributed by atoms with Crippen LogP contribution in [0, 0.1) is 17.8 Å². The summed E-state index contributed by atoms with van der Waals surface area (Å²) in [5.41, 5.74) is 0.951. The van der Waals surface area contributed by atoms with E-state index in [1.54, 1.807) is 18.5 Å². The van der Waals surface area contributed by atoms with E-state index in [1.807, 2.05) is 37.3 Å². The van der Waals surface area contributed by atoms with E-state index in [-0.39, 0.29) is 35.6 Å². The lowest BCUT2D eigenvalue weighted by Crippen LogP contribution is -2.66. The summed E-state index contributed by atoms with van der Waals surface area (Å²) in [7, 11) is 0. The van der Waals surface area contributed by atoms with Crippen molar-refractivity contribution in [1.82, 2.24) is 15.6 Å². The van der Waals surface area contributed by atoms with Crippen molar-refractivity contribution in [2.45, 2.75) is 44.4 Å². The third-order valence-corrected chi connectivity index (χ3v) is 6.87. The lowest BCUT2D eigenvalue weighted by Gasteiger charge is -2.55. The van der Waals surface area contributed by atoms with E-state index in [1.165, 1.54) is 0 Å². The average molecular weight is 391 g/mol. The van der Waals surface area contributed by atoms with Crippen LogP contribution >= 0.6 is 0 Å². The number of nitrogens with one attached hydrogen (secondary N) is 2. The van der Waals surface area contributed by atoms with Gasteiger partial charge in [-0.2, -0.15) is 0 Å². The van der Waals surface area contributed by atoms with Crippen molar-refractivity contribution in [3.05, 3.63) is 59.9 Å². The van der Waals surface area contributed by atoms with Crippen molar-refractivity contribution in [2.75, 3.05) is 0 Å². The van der Waals surface area contributed by atoms with Crippen molar-refractivity contribution in [2.24, 2.45) is 17.8 Å². The number of carbonyl (C=O) groups excluding carboxylic acids is 2. The number of pyridine rings is 1. The highest BCUT2D eigenvalue weighted by molar-refractivity contribution is 5.98. The maximum absolute atomic E-state index is 13.1. The normalized spacial score (nSPS) is 30.8. The molecule has 1 spiro atoms. The fraction of sp³-hybridized carbons (Fsp3) is 0.435. The Balaban J connectivity index is 1.32. The van der Waals surface area contributed by atoms with Crippen molar-refractivity contribution in [3.8, 4) is 5.75 Å². The lowest BCUT2D eigenvalue weighted by molar-refractivity contribution is -0.147. The van der Waals surface area contributed by atoms with Crippen molar-refractivity contribution in [1.29, 1.82) is 0 Å². The number of hydrogen-bond donors (Lipinski definition) is 2. The second kappa shape index (κ2) is 6.87. The molecule has 2 aromatic rings. The van der Waals surface area contributed by atoms with E-state index in [2.05, 4.69) is 15.6 Å². The molecule has 1 aromatic heterocycles. The van der Waals surface area contributed by atoms with Gasteiger partial charge in [0, 0.05) is 30.7 Å². The number of amides is 2. The highest BCUT2D eigenvalue weighted by atomic mass is 16.5. The molecule has 3 aliphatic carbocycles. The SMILES string of the molecule is C[C@H](NC(=O)[C@@H]1C[C@H]2CC[C@H]1C[C@]21NC(=O)c2ccccc2O1)c1ccncc1. The summed E-state index contributed by atoms with van der Waals surface area (Å²) in [6, 6.07) is 11.2. The summed E-state index contributed by atoms with van der Waals surface area (Å²) < 4.78 is 6.37. The van der Waals surface area contributed by atoms with Gasteiger partial charge in [0.2, 0.25) is 5.91 Å². The van der Waals surface area contributed by atoms with Gasteiger partial charge in [-0.1, -0.05) is 12.1 Å². The Morgan fingerprint density at radius 2 is 2.03 bits per heavy atom. The van der Waals surface area contributed by atoms with Crippen molar-refractivity contribution >= 4 is 11.8 Å². The predicted octanol–water partition coefficient (Wildman–Crippen LogP) is 3.21. The molecule has 2 heterocycles. The molecule has 0 radical (unpaired) electrons. The molecule has 150 valence electrons. The highest BCUT2D eigenvalue weighted by Crippen LogP contribution is 2.52. The van der Waals surface area contributed by atoms with Gasteiger partial charge in [0.1, 0.15) is 5.75 Å². The Bertz CT molecular complexity index is 947. The van der Waals surface area contributed by atoms with Crippen LogP contribution in [0.2, 0.25) is 0 Å². The van der Waals surface area contributed by atoms with E-state index in [9.17, 15) is 9.59 Å². The average Bonchev–Trinajstić information content (AvgIpc) is 2.74. The Hall–Kier alpha value is -2.89. The quantitative estimate of drug-likeness (QED) is 0.842. The van der Waals surface area contributed by atoms with Gasteiger partial charge in [0.05, 0.1) is 11.6 Å². The molecule has 2 bridgehead atoms. The summed E-state index contributed by atoms with van der Waals surface area (Å²) in [5.74, 6) is 0.970. The second-order valence-corrected chi connectivity index (χ2v) is 8.53. The first-order valence-electron chi connectivity index (χ1n) is 10.4. The predicted molar refractivity (Wildman–Crippen MR) is 107 cm³/mol. The molecular formula is C23H25N3O3. The first-order valence-corrected chi connectivity index (χ1v) is 10.4. The standard InChI is InChI=1S/C23H25N3O3/c1-14(15-8-10-24-11-9-15)25-21(27)19-12-17-7-6-16(19)13-23(17)26-22(28)18-4-2-3-5-20(18)29-23/h2-5,8-11,14,16-17,19H,6-7,12-13H2,1H3,(H,25,27)(H,26,28)/t14-,16-,17+,19+,23+/m0/s1. The zero-order chi connectivity index (χ0) is 20.0. The Labute approximate surface area is 170 Å². The van der Waals surface area contributed by atoms with Gasteiger partial charge in [-0.25, -0.2) is 0 Å². The molecule has 6 rings (SSSR count). The van der Waals surface area contributed by atoms with Gasteiger partial charge in [0.15, 0.2) is 5.72 Å². The van der Waals surface area contributed by atoms with Crippen LogP contribution in [-0.2, 0) is 4.79 Å². The summed E-state index contributed by atoms with van der Waals surface area (Å²) in [6.45, 7) is 2.00. The first-order chi connectivity index (χ1) is 14.1. The van der Waals surface area contributed by atoms with Crippen LogP contribution in [0.1, 0.15) is 54.6 Å². The topological polar surface area (TPSA) is 80.3 Å². The third-order valence-electron chi connectivity index (χ3n) is 6.87. The molecular weight excluding hydrogens is 366 g/mol. The monoisotopic (exact) mass is 391 g/mol. The summed E-state index contributed by atoms with van der Waals surface area (Å²) in [6.07, 6.45) is 6.86. The van der Waals surface area contributed by atoms with Crippen molar-refractivity contribution < 1.29 is 14.3 Å². The van der Waals surface area contributed by atoms with Crippen LogP contribution in [0.25, 0.3) is 0 Å². The van der Waals surface area contributed by atoms with E-state index >= 15 is 0 Å². The molecule has 6 nitrogen and oxygen atoms in total. The minimum atomic E-state index is -0.679. The molecule has 3 fully saturated rings. The molecule has 6 heteroatoms. The minimum absolute atomic E-state index is 0.0404. The van der Waals surface area contributed by atoms with Gasteiger partial charge in [-0.05, 0) is 61.9 Å². The summed E-state index contributed by atoms with van der Waals surface area (Å²) >= 11 is 0. The fourth-order valence-electron chi connectivity index (χ4n) is 5.34. The zero-order valence-electron chi connectivity index (χ0n) is 16.4. The fourth-order valence-corrected chi connectivity index (χ4v) is 5.34. The number of hydrogen-bond acceptors (Lipinski definition) is 4.